The van der Waals surface area contributed by atoms with E-state index in [4.69, 9.17) is 11.6 Å². The molecular weight excluding hydrogens is 376 g/mol. The van der Waals surface area contributed by atoms with E-state index in [1.54, 1.807) is 12.1 Å². The lowest BCUT2D eigenvalue weighted by Crippen LogP contribution is -2.47. The zero-order valence-corrected chi connectivity index (χ0v) is 16.3. The molecule has 7 heteroatoms. The molecule has 1 fully saturated rings. The average molecular weight is 399 g/mol. The highest BCUT2D eigenvalue weighted by Gasteiger charge is 2.17. The largest absolute Gasteiger partial charge is 0.364 e. The van der Waals surface area contributed by atoms with Crippen LogP contribution in [0.4, 0.5) is 10.5 Å². The molecule has 0 aliphatic carbocycles. The van der Waals surface area contributed by atoms with E-state index in [-0.39, 0.29) is 11.9 Å². The monoisotopic (exact) mass is 398 g/mol. The summed E-state index contributed by atoms with van der Waals surface area (Å²) in [5.74, 6) is 0.0246. The average Bonchev–Trinajstić information content (AvgIpc) is 2.69. The summed E-state index contributed by atoms with van der Waals surface area (Å²) in [6, 6.07) is 14.7. The first-order chi connectivity index (χ1) is 13.5. The molecule has 3 N–H and O–H groups in total. The van der Waals surface area contributed by atoms with Crippen LogP contribution in [0, 0.1) is 0 Å². The molecule has 3 amide bonds. The minimum absolute atomic E-state index is 0.0246. The maximum Gasteiger partial charge on any atom is 0.319 e. The van der Waals surface area contributed by atoms with E-state index in [9.17, 15) is 9.59 Å². The van der Waals surface area contributed by atoms with Crippen molar-refractivity contribution in [2.24, 2.45) is 0 Å². The minimum atomic E-state index is -0.272. The SMILES string of the molecule is C=C(Cc1ccc(NC(=O)NCc2ccc(Cl)cc2)cc1)N1CCNC(=O)C1. The lowest BCUT2D eigenvalue weighted by Gasteiger charge is -2.30. The topological polar surface area (TPSA) is 73.5 Å². The Bertz CT molecular complexity index is 850. The van der Waals surface area contributed by atoms with Crippen LogP contribution in [-0.4, -0.2) is 36.5 Å². The van der Waals surface area contributed by atoms with Crippen LogP contribution < -0.4 is 16.0 Å². The lowest BCUT2D eigenvalue weighted by molar-refractivity contribution is -0.123. The number of amides is 3. The molecule has 28 heavy (non-hydrogen) atoms. The Morgan fingerprint density at radius 1 is 1.11 bits per heavy atom. The third kappa shape index (κ3) is 5.76. The number of urea groups is 1. The maximum absolute atomic E-state index is 12.0. The third-order valence-corrected chi connectivity index (χ3v) is 4.72. The highest BCUT2D eigenvalue weighted by molar-refractivity contribution is 6.30. The van der Waals surface area contributed by atoms with Crippen LogP contribution in [0.2, 0.25) is 5.02 Å². The van der Waals surface area contributed by atoms with Crippen LogP contribution >= 0.6 is 11.6 Å². The zero-order chi connectivity index (χ0) is 19.9. The summed E-state index contributed by atoms with van der Waals surface area (Å²) in [6.45, 7) is 6.29. The molecule has 0 spiro atoms. The zero-order valence-electron chi connectivity index (χ0n) is 15.5. The molecule has 146 valence electrons. The second kappa shape index (κ2) is 9.28. The molecule has 2 aromatic rings. The molecule has 1 saturated heterocycles. The van der Waals surface area contributed by atoms with Crippen molar-refractivity contribution in [3.05, 3.63) is 77.0 Å². The van der Waals surface area contributed by atoms with E-state index in [1.165, 1.54) is 0 Å². The van der Waals surface area contributed by atoms with Crippen molar-refractivity contribution in [3.8, 4) is 0 Å². The Balaban J connectivity index is 1.47. The van der Waals surface area contributed by atoms with Crippen LogP contribution in [0.5, 0.6) is 0 Å². The normalized spacial score (nSPS) is 13.6. The van der Waals surface area contributed by atoms with Gasteiger partial charge in [0.25, 0.3) is 0 Å². The van der Waals surface area contributed by atoms with E-state index >= 15 is 0 Å². The highest BCUT2D eigenvalue weighted by Crippen LogP contribution is 2.15. The summed E-state index contributed by atoms with van der Waals surface area (Å²) in [4.78, 5) is 25.5. The quantitative estimate of drug-likeness (QED) is 0.699. The first kappa shape index (κ1) is 19.8. The number of hydrogen-bond acceptors (Lipinski definition) is 3. The van der Waals surface area contributed by atoms with Gasteiger partial charge in [-0.05, 0) is 35.4 Å². The smallest absolute Gasteiger partial charge is 0.319 e. The van der Waals surface area contributed by atoms with Crippen LogP contribution in [0.15, 0.2) is 60.8 Å². The Morgan fingerprint density at radius 3 is 2.46 bits per heavy atom. The van der Waals surface area contributed by atoms with Gasteiger partial charge in [-0.3, -0.25) is 4.79 Å². The fourth-order valence-electron chi connectivity index (χ4n) is 2.92. The second-order valence-corrected chi connectivity index (χ2v) is 7.08. The number of anilines is 1. The molecule has 1 heterocycles. The van der Waals surface area contributed by atoms with E-state index in [1.807, 2.05) is 41.3 Å². The predicted octanol–water partition coefficient (Wildman–Crippen LogP) is 3.15. The van der Waals surface area contributed by atoms with Crippen LogP contribution in [-0.2, 0) is 17.8 Å². The van der Waals surface area contributed by atoms with E-state index in [0.717, 1.165) is 23.4 Å². The van der Waals surface area contributed by atoms with E-state index < -0.39 is 0 Å². The van der Waals surface area contributed by atoms with Gasteiger partial charge in [-0.2, -0.15) is 0 Å². The molecule has 1 aliphatic rings. The Labute approximate surface area is 169 Å². The Morgan fingerprint density at radius 2 is 1.79 bits per heavy atom. The Kier molecular flexibility index (Phi) is 6.55. The summed E-state index contributed by atoms with van der Waals surface area (Å²) >= 11 is 5.85. The van der Waals surface area contributed by atoms with Crippen LogP contribution in [0.3, 0.4) is 0 Å². The fraction of sp³-hybridized carbons (Fsp3) is 0.238. The summed E-state index contributed by atoms with van der Waals surface area (Å²) in [7, 11) is 0. The molecule has 0 bridgehead atoms. The molecule has 0 atom stereocenters. The van der Waals surface area contributed by atoms with E-state index in [2.05, 4.69) is 22.5 Å². The summed E-state index contributed by atoms with van der Waals surface area (Å²) in [6.07, 6.45) is 0.663. The number of nitrogens with zero attached hydrogens (tertiary/aromatic N) is 1. The first-order valence-electron chi connectivity index (χ1n) is 9.07. The standard InChI is InChI=1S/C21H23ClN4O2/c1-15(26-11-10-23-20(27)14-26)12-16-4-8-19(9-5-16)25-21(28)24-13-17-2-6-18(22)7-3-17/h2-9H,1,10-14H2,(H,23,27)(H2,24,25,28). The number of benzene rings is 2. The van der Waals surface area contributed by atoms with Gasteiger partial charge >= 0.3 is 6.03 Å². The summed E-state index contributed by atoms with van der Waals surface area (Å²) < 4.78 is 0. The summed E-state index contributed by atoms with van der Waals surface area (Å²) in [5, 5.41) is 9.09. The van der Waals surface area contributed by atoms with Crippen molar-refractivity contribution in [3.63, 3.8) is 0 Å². The Hall–Kier alpha value is -2.99. The fourth-order valence-corrected chi connectivity index (χ4v) is 3.05. The van der Waals surface area contributed by atoms with Crippen molar-refractivity contribution >= 4 is 29.2 Å². The number of hydrogen-bond donors (Lipinski definition) is 3. The molecule has 6 nitrogen and oxygen atoms in total. The van der Waals surface area contributed by atoms with Crippen molar-refractivity contribution in [2.75, 3.05) is 25.0 Å². The summed E-state index contributed by atoms with van der Waals surface area (Å²) in [5.41, 5.74) is 3.67. The van der Waals surface area contributed by atoms with Gasteiger partial charge in [0.15, 0.2) is 0 Å². The number of carbonyl (C=O) groups is 2. The van der Waals surface area contributed by atoms with Gasteiger partial charge in [-0.15, -0.1) is 0 Å². The number of carbonyl (C=O) groups excluding carboxylic acids is 2. The van der Waals surface area contributed by atoms with Crippen molar-refractivity contribution in [1.29, 1.82) is 0 Å². The first-order valence-corrected chi connectivity index (χ1v) is 9.45. The van der Waals surface area contributed by atoms with Crippen LogP contribution in [0.25, 0.3) is 0 Å². The lowest BCUT2D eigenvalue weighted by atomic mass is 10.1. The molecule has 2 aromatic carbocycles. The maximum atomic E-state index is 12.0. The number of piperazine rings is 1. The third-order valence-electron chi connectivity index (χ3n) is 4.47. The molecule has 0 unspecified atom stereocenters. The van der Waals surface area contributed by atoms with Gasteiger partial charge in [0.05, 0.1) is 6.54 Å². The highest BCUT2D eigenvalue weighted by atomic mass is 35.5. The molecule has 0 radical (unpaired) electrons. The molecule has 0 aromatic heterocycles. The minimum Gasteiger partial charge on any atom is -0.364 e. The molecule has 3 rings (SSSR count). The number of halogens is 1. The predicted molar refractivity (Wildman–Crippen MR) is 111 cm³/mol. The van der Waals surface area contributed by atoms with E-state index in [0.29, 0.717) is 36.8 Å². The van der Waals surface area contributed by atoms with Crippen molar-refractivity contribution in [2.45, 2.75) is 13.0 Å². The number of rotatable bonds is 6. The van der Waals surface area contributed by atoms with Gasteiger partial charge in [0.1, 0.15) is 0 Å². The van der Waals surface area contributed by atoms with Gasteiger partial charge in [0.2, 0.25) is 5.91 Å². The number of nitrogens with one attached hydrogen (secondary N) is 3. The van der Waals surface area contributed by atoms with Gasteiger partial charge in [-0.1, -0.05) is 42.4 Å². The van der Waals surface area contributed by atoms with Crippen molar-refractivity contribution < 1.29 is 9.59 Å². The second-order valence-electron chi connectivity index (χ2n) is 6.65. The molecule has 1 aliphatic heterocycles. The van der Waals surface area contributed by atoms with Crippen LogP contribution in [0.1, 0.15) is 11.1 Å². The van der Waals surface area contributed by atoms with Gasteiger partial charge in [0, 0.05) is 42.5 Å². The van der Waals surface area contributed by atoms with Gasteiger partial charge in [-0.25, -0.2) is 4.79 Å². The van der Waals surface area contributed by atoms with Gasteiger partial charge < -0.3 is 20.9 Å². The molecular formula is C21H23ClN4O2. The molecule has 0 saturated carbocycles. The van der Waals surface area contributed by atoms with Crippen molar-refractivity contribution in [1.82, 2.24) is 15.5 Å². The number of allylic oxidation sites excluding steroid dienone is 1.